The topological polar surface area (TPSA) is 61.0 Å². The molecule has 0 spiro atoms. The summed E-state index contributed by atoms with van der Waals surface area (Å²) in [7, 11) is 1.63. The fourth-order valence-electron chi connectivity index (χ4n) is 2.02. The first kappa shape index (κ1) is 14.8. The predicted molar refractivity (Wildman–Crippen MR) is 84.7 cm³/mol. The maximum atomic E-state index is 5.90. The van der Waals surface area contributed by atoms with Gasteiger partial charge in [0.25, 0.3) is 0 Å². The third kappa shape index (κ3) is 3.48. The molecule has 0 saturated carbocycles. The molecule has 2 rings (SSSR count). The van der Waals surface area contributed by atoms with Crippen LogP contribution < -0.4 is 10.5 Å². The summed E-state index contributed by atoms with van der Waals surface area (Å²) in [4.78, 5) is 8.93. The molecular weight excluding hydrogens is 318 g/mol. The van der Waals surface area contributed by atoms with E-state index in [0.29, 0.717) is 17.6 Å². The van der Waals surface area contributed by atoms with E-state index in [4.69, 9.17) is 10.5 Å². The summed E-state index contributed by atoms with van der Waals surface area (Å²) >= 11 is 3.46. The van der Waals surface area contributed by atoms with Gasteiger partial charge >= 0.3 is 0 Å². The van der Waals surface area contributed by atoms with Crippen molar-refractivity contribution in [3.8, 4) is 17.1 Å². The molecule has 0 fully saturated rings. The Bertz CT molecular complexity index is 614. The van der Waals surface area contributed by atoms with Gasteiger partial charge in [-0.3, -0.25) is 0 Å². The monoisotopic (exact) mass is 335 g/mol. The molecule has 0 aliphatic rings. The smallest absolute Gasteiger partial charge is 0.165 e. The van der Waals surface area contributed by atoms with Crippen LogP contribution in [0.4, 0.5) is 5.82 Å². The molecule has 5 heteroatoms. The van der Waals surface area contributed by atoms with Gasteiger partial charge in [-0.25, -0.2) is 9.97 Å². The van der Waals surface area contributed by atoms with Crippen molar-refractivity contribution in [1.82, 2.24) is 9.97 Å². The minimum absolute atomic E-state index is 0.479. The summed E-state index contributed by atoms with van der Waals surface area (Å²) in [5.74, 6) is 2.32. The first-order chi connectivity index (χ1) is 9.49. The Hall–Kier alpha value is -1.62. The zero-order valence-corrected chi connectivity index (χ0v) is 13.4. The molecule has 0 saturated heterocycles. The molecule has 0 radical (unpaired) electrons. The van der Waals surface area contributed by atoms with E-state index in [0.717, 1.165) is 27.9 Å². The fourth-order valence-corrected chi connectivity index (χ4v) is 2.38. The molecule has 0 atom stereocenters. The Morgan fingerprint density at radius 1 is 1.25 bits per heavy atom. The van der Waals surface area contributed by atoms with Gasteiger partial charge in [-0.1, -0.05) is 29.8 Å². The lowest BCUT2D eigenvalue weighted by Crippen LogP contribution is -2.04. The summed E-state index contributed by atoms with van der Waals surface area (Å²) in [6.07, 6.45) is 0.871. The molecule has 0 amide bonds. The van der Waals surface area contributed by atoms with E-state index in [2.05, 4.69) is 39.7 Å². The number of methoxy groups -OCH3 is 1. The third-order valence-corrected chi connectivity index (χ3v) is 3.31. The Labute approximate surface area is 127 Å². The highest BCUT2D eigenvalue weighted by Crippen LogP contribution is 2.31. The highest BCUT2D eigenvalue weighted by molar-refractivity contribution is 9.10. The van der Waals surface area contributed by atoms with Crippen LogP contribution in [0.15, 0.2) is 28.7 Å². The van der Waals surface area contributed by atoms with Crippen LogP contribution in [0.3, 0.4) is 0 Å². The summed E-state index contributed by atoms with van der Waals surface area (Å²) < 4.78 is 6.32. The Morgan fingerprint density at radius 3 is 2.65 bits per heavy atom. The largest absolute Gasteiger partial charge is 0.496 e. The number of rotatable bonds is 4. The Kier molecular flexibility index (Phi) is 4.60. The highest BCUT2D eigenvalue weighted by Gasteiger charge is 2.12. The van der Waals surface area contributed by atoms with E-state index in [9.17, 15) is 0 Å². The fraction of sp³-hybridized carbons (Fsp3) is 0.333. The van der Waals surface area contributed by atoms with Crippen LogP contribution in [0.2, 0.25) is 0 Å². The van der Waals surface area contributed by atoms with Crippen molar-refractivity contribution in [1.29, 1.82) is 0 Å². The summed E-state index contributed by atoms with van der Waals surface area (Å²) in [5.41, 5.74) is 7.68. The van der Waals surface area contributed by atoms with Crippen LogP contribution >= 0.6 is 15.9 Å². The quantitative estimate of drug-likeness (QED) is 0.925. The molecule has 2 aromatic rings. The van der Waals surface area contributed by atoms with Crippen LogP contribution in [-0.2, 0) is 6.42 Å². The van der Waals surface area contributed by atoms with Gasteiger partial charge in [0.15, 0.2) is 5.82 Å². The Morgan fingerprint density at radius 2 is 2.00 bits per heavy atom. The van der Waals surface area contributed by atoms with Crippen molar-refractivity contribution in [3.05, 3.63) is 34.4 Å². The zero-order chi connectivity index (χ0) is 14.7. The second kappa shape index (κ2) is 6.22. The first-order valence-corrected chi connectivity index (χ1v) is 7.26. The molecule has 20 heavy (non-hydrogen) atoms. The number of benzene rings is 1. The van der Waals surface area contributed by atoms with Gasteiger partial charge in [0, 0.05) is 16.2 Å². The van der Waals surface area contributed by atoms with Crippen LogP contribution in [0.5, 0.6) is 5.75 Å². The maximum Gasteiger partial charge on any atom is 0.165 e. The summed E-state index contributed by atoms with van der Waals surface area (Å²) in [5, 5.41) is 0. The Balaban J connectivity index is 2.51. The molecule has 0 aliphatic heterocycles. The molecule has 0 aliphatic carbocycles. The lowest BCUT2D eigenvalue weighted by molar-refractivity contribution is 0.416. The van der Waals surface area contributed by atoms with Gasteiger partial charge in [0.05, 0.1) is 12.7 Å². The molecule has 0 bridgehead atoms. The molecule has 1 aromatic heterocycles. The van der Waals surface area contributed by atoms with Crippen molar-refractivity contribution in [2.24, 2.45) is 5.92 Å². The van der Waals surface area contributed by atoms with Crippen LogP contribution in [-0.4, -0.2) is 17.1 Å². The zero-order valence-electron chi connectivity index (χ0n) is 11.9. The number of anilines is 1. The summed E-state index contributed by atoms with van der Waals surface area (Å²) in [6.45, 7) is 4.30. The molecule has 4 nitrogen and oxygen atoms in total. The van der Waals surface area contributed by atoms with E-state index in [1.807, 2.05) is 24.3 Å². The third-order valence-electron chi connectivity index (χ3n) is 2.82. The van der Waals surface area contributed by atoms with Gasteiger partial charge in [0.2, 0.25) is 0 Å². The van der Waals surface area contributed by atoms with Crippen LogP contribution in [0, 0.1) is 5.92 Å². The van der Waals surface area contributed by atoms with E-state index in [1.54, 1.807) is 7.11 Å². The number of hydrogen-bond donors (Lipinski definition) is 1. The molecule has 106 valence electrons. The lowest BCUT2D eigenvalue weighted by atomic mass is 10.1. The summed E-state index contributed by atoms with van der Waals surface area (Å²) in [6, 6.07) is 7.57. The van der Waals surface area contributed by atoms with Crippen molar-refractivity contribution >= 4 is 21.7 Å². The normalized spacial score (nSPS) is 10.8. The van der Waals surface area contributed by atoms with Crippen molar-refractivity contribution < 1.29 is 4.74 Å². The molecule has 1 aromatic carbocycles. The maximum absolute atomic E-state index is 5.90. The standard InChI is InChI=1S/C15H18BrN3O/c1-9(2)6-11-8-14(17)19-15(18-11)12-7-10(16)4-5-13(12)20-3/h4-5,7-9H,6H2,1-3H3,(H2,17,18,19). The molecule has 0 unspecified atom stereocenters. The number of nitrogens with two attached hydrogens (primary N) is 1. The lowest BCUT2D eigenvalue weighted by Gasteiger charge is -2.11. The minimum Gasteiger partial charge on any atom is -0.496 e. The van der Waals surface area contributed by atoms with E-state index >= 15 is 0 Å². The van der Waals surface area contributed by atoms with Crippen molar-refractivity contribution in [3.63, 3.8) is 0 Å². The highest BCUT2D eigenvalue weighted by atomic mass is 79.9. The van der Waals surface area contributed by atoms with Gasteiger partial charge in [0.1, 0.15) is 11.6 Å². The van der Waals surface area contributed by atoms with Crippen LogP contribution in [0.25, 0.3) is 11.4 Å². The number of hydrogen-bond acceptors (Lipinski definition) is 4. The molecule has 1 heterocycles. The number of nitrogens with zero attached hydrogens (tertiary/aromatic N) is 2. The second-order valence-electron chi connectivity index (χ2n) is 5.05. The van der Waals surface area contributed by atoms with Crippen molar-refractivity contribution in [2.75, 3.05) is 12.8 Å². The van der Waals surface area contributed by atoms with Gasteiger partial charge in [-0.05, 0) is 30.5 Å². The SMILES string of the molecule is COc1ccc(Br)cc1-c1nc(N)cc(CC(C)C)n1. The van der Waals surface area contributed by atoms with E-state index in [-0.39, 0.29) is 0 Å². The number of halogens is 1. The number of nitrogen functional groups attached to an aromatic ring is 1. The van der Waals surface area contributed by atoms with Gasteiger partial charge < -0.3 is 10.5 Å². The first-order valence-electron chi connectivity index (χ1n) is 6.47. The second-order valence-corrected chi connectivity index (χ2v) is 5.97. The van der Waals surface area contributed by atoms with Crippen LogP contribution in [0.1, 0.15) is 19.5 Å². The van der Waals surface area contributed by atoms with E-state index < -0.39 is 0 Å². The molecular formula is C15H18BrN3O. The number of ether oxygens (including phenoxy) is 1. The minimum atomic E-state index is 0.479. The van der Waals surface area contributed by atoms with Gasteiger partial charge in [-0.15, -0.1) is 0 Å². The average Bonchev–Trinajstić information content (AvgIpc) is 2.37. The average molecular weight is 336 g/mol. The van der Waals surface area contributed by atoms with E-state index in [1.165, 1.54) is 0 Å². The van der Waals surface area contributed by atoms with Crippen molar-refractivity contribution in [2.45, 2.75) is 20.3 Å². The number of aromatic nitrogens is 2. The predicted octanol–water partition coefficient (Wildman–Crippen LogP) is 3.70. The molecule has 2 N–H and O–H groups in total. The van der Waals surface area contributed by atoms with Gasteiger partial charge in [-0.2, -0.15) is 0 Å².